The number of pyridine rings is 4. The first-order chi connectivity index (χ1) is 16.4. The van der Waals surface area contributed by atoms with Crippen LogP contribution in [0.5, 0.6) is 0 Å². The molecule has 6 nitrogen and oxygen atoms in total. The Kier molecular flexibility index (Phi) is 4.28. The number of hydrogen-bond donors (Lipinski definition) is 1. The molecule has 6 aromatic rings. The Balaban J connectivity index is 1.65. The summed E-state index contributed by atoms with van der Waals surface area (Å²) in [5.41, 5.74) is 2.19. The molecule has 5 aromatic heterocycles. The van der Waals surface area contributed by atoms with Crippen LogP contribution in [0.1, 0.15) is 5.56 Å². The summed E-state index contributed by atoms with van der Waals surface area (Å²) in [6.45, 7) is 0. The molecule has 0 bridgehead atoms. The van der Waals surface area contributed by atoms with Gasteiger partial charge in [-0.15, -0.1) is 0 Å². The summed E-state index contributed by atoms with van der Waals surface area (Å²) >= 11 is 0. The maximum atomic E-state index is 13.4. The molecule has 1 N–H and O–H groups in total. The number of aromatic nitrogens is 5. The van der Waals surface area contributed by atoms with Gasteiger partial charge in [0.1, 0.15) is 11.2 Å². The summed E-state index contributed by atoms with van der Waals surface area (Å²) in [7, 11) is 0. The second kappa shape index (κ2) is 7.24. The third-order valence-corrected chi connectivity index (χ3v) is 5.69. The van der Waals surface area contributed by atoms with Crippen molar-refractivity contribution in [2.24, 2.45) is 0 Å². The smallest absolute Gasteiger partial charge is 0.346 e. The van der Waals surface area contributed by atoms with E-state index in [9.17, 15) is 18.0 Å². The van der Waals surface area contributed by atoms with E-state index in [0.29, 0.717) is 27.6 Å². The van der Waals surface area contributed by atoms with Crippen molar-refractivity contribution in [3.63, 3.8) is 0 Å². The predicted molar refractivity (Wildman–Crippen MR) is 123 cm³/mol. The lowest BCUT2D eigenvalue weighted by atomic mass is 10.1. The van der Waals surface area contributed by atoms with E-state index in [-0.39, 0.29) is 5.69 Å². The fourth-order valence-corrected chi connectivity index (χ4v) is 4.09. The molecule has 9 heteroatoms. The first-order valence-corrected chi connectivity index (χ1v) is 10.3. The quantitative estimate of drug-likeness (QED) is 0.349. The Morgan fingerprint density at radius 2 is 1.76 bits per heavy atom. The molecule has 0 amide bonds. The predicted octanol–water partition coefficient (Wildman–Crippen LogP) is 5.50. The van der Waals surface area contributed by atoms with Gasteiger partial charge in [-0.2, -0.15) is 13.2 Å². The number of nitrogens with one attached hydrogen (secondary N) is 1. The number of aromatic amines is 1. The van der Waals surface area contributed by atoms with Gasteiger partial charge in [0.2, 0.25) is 0 Å². The van der Waals surface area contributed by atoms with Gasteiger partial charge < -0.3 is 4.98 Å². The number of halogens is 3. The first kappa shape index (κ1) is 20.1. The fraction of sp³-hybridized carbons (Fsp3) is 0.0400. The van der Waals surface area contributed by atoms with Crippen LogP contribution in [0, 0.1) is 0 Å². The molecule has 0 saturated heterocycles. The molecule has 0 unspecified atom stereocenters. The molecule has 0 aliphatic heterocycles. The van der Waals surface area contributed by atoms with Crippen LogP contribution in [0.4, 0.5) is 13.2 Å². The van der Waals surface area contributed by atoms with Crippen LogP contribution in [0.15, 0.2) is 84.0 Å². The minimum Gasteiger partial charge on any atom is -0.346 e. The van der Waals surface area contributed by atoms with E-state index >= 15 is 0 Å². The third kappa shape index (κ3) is 3.21. The highest BCUT2D eigenvalue weighted by Crippen LogP contribution is 2.32. The topological polar surface area (TPSA) is 76.5 Å². The van der Waals surface area contributed by atoms with Gasteiger partial charge >= 0.3 is 6.18 Å². The lowest BCUT2D eigenvalue weighted by Crippen LogP contribution is -2.18. The summed E-state index contributed by atoms with van der Waals surface area (Å²) in [6, 6.07) is 15.0. The molecular weight excluding hydrogens is 443 g/mol. The Bertz CT molecular complexity index is 1790. The van der Waals surface area contributed by atoms with Crippen LogP contribution in [0.3, 0.4) is 0 Å². The van der Waals surface area contributed by atoms with Crippen molar-refractivity contribution in [3.8, 4) is 16.9 Å². The van der Waals surface area contributed by atoms with E-state index in [1.807, 2.05) is 12.1 Å². The van der Waals surface area contributed by atoms with E-state index in [2.05, 4.69) is 15.0 Å². The van der Waals surface area contributed by atoms with Gasteiger partial charge in [-0.1, -0.05) is 6.07 Å². The zero-order valence-corrected chi connectivity index (χ0v) is 17.3. The normalized spacial score (nSPS) is 12.1. The summed E-state index contributed by atoms with van der Waals surface area (Å²) in [5.74, 6) is 0. The van der Waals surface area contributed by atoms with Crippen LogP contribution >= 0.6 is 0 Å². The van der Waals surface area contributed by atoms with Crippen molar-refractivity contribution in [1.29, 1.82) is 0 Å². The lowest BCUT2D eigenvalue weighted by Gasteiger charge is -2.14. The summed E-state index contributed by atoms with van der Waals surface area (Å²) in [6.07, 6.45) is 0.519. The molecule has 0 aliphatic rings. The molecule has 1 aromatic carbocycles. The van der Waals surface area contributed by atoms with Crippen molar-refractivity contribution in [1.82, 2.24) is 24.5 Å². The number of nitrogens with zero attached hydrogens (tertiary/aromatic N) is 4. The molecule has 0 atom stereocenters. The van der Waals surface area contributed by atoms with Gasteiger partial charge in [0.05, 0.1) is 22.3 Å². The third-order valence-electron chi connectivity index (χ3n) is 5.69. The molecule has 0 spiro atoms. The Labute approximate surface area is 189 Å². The van der Waals surface area contributed by atoms with Crippen LogP contribution in [0.25, 0.3) is 49.9 Å². The molecule has 166 valence electrons. The van der Waals surface area contributed by atoms with Crippen LogP contribution < -0.4 is 5.56 Å². The van der Waals surface area contributed by atoms with Crippen LogP contribution in [-0.2, 0) is 6.18 Å². The summed E-state index contributed by atoms with van der Waals surface area (Å²) < 4.78 is 41.3. The molecule has 0 radical (unpaired) electrons. The average molecular weight is 457 g/mol. The zero-order chi connectivity index (χ0) is 23.4. The monoisotopic (exact) mass is 457 g/mol. The SMILES string of the molecule is O=c1ccc2cnc3ccc(-c4cnc5[nH]ccc5c4)nc3c2n1-c1cccc(C(F)(F)F)c1. The highest BCUT2D eigenvalue weighted by atomic mass is 19.4. The highest BCUT2D eigenvalue weighted by Gasteiger charge is 2.30. The standard InChI is InChI=1S/C25H14F3N5O/c26-25(27,28)17-2-1-3-18(11-17)33-21(34)7-4-15-12-30-20-6-5-19(32-22(20)23(15)33)16-10-14-8-9-29-24(14)31-13-16/h1-13H,(H,29,31). The minimum absolute atomic E-state index is 0.0977. The number of fused-ring (bicyclic) bond motifs is 4. The second-order valence-electron chi connectivity index (χ2n) is 7.82. The highest BCUT2D eigenvalue weighted by molar-refractivity contribution is 6.02. The van der Waals surface area contributed by atoms with Crippen molar-refractivity contribution in [3.05, 3.63) is 95.2 Å². The number of benzene rings is 1. The van der Waals surface area contributed by atoms with E-state index < -0.39 is 17.3 Å². The van der Waals surface area contributed by atoms with Crippen LogP contribution in [-0.4, -0.2) is 24.5 Å². The van der Waals surface area contributed by atoms with Crippen molar-refractivity contribution in [2.45, 2.75) is 6.18 Å². The van der Waals surface area contributed by atoms with Gasteiger partial charge in [0.25, 0.3) is 5.56 Å². The molecule has 5 heterocycles. The van der Waals surface area contributed by atoms with Crippen LogP contribution in [0.2, 0.25) is 0 Å². The minimum atomic E-state index is -4.54. The number of rotatable bonds is 2. The maximum absolute atomic E-state index is 13.4. The number of hydrogen-bond acceptors (Lipinski definition) is 4. The zero-order valence-electron chi connectivity index (χ0n) is 17.3. The van der Waals surface area contributed by atoms with Gasteiger partial charge in [0, 0.05) is 46.7 Å². The summed E-state index contributed by atoms with van der Waals surface area (Å²) in [5, 5.41) is 1.49. The van der Waals surface area contributed by atoms with Crippen molar-refractivity contribution >= 4 is 33.0 Å². The van der Waals surface area contributed by atoms with Gasteiger partial charge in [-0.25, -0.2) is 9.97 Å². The Morgan fingerprint density at radius 3 is 2.62 bits per heavy atom. The molecule has 6 rings (SSSR count). The van der Waals surface area contributed by atoms with Gasteiger partial charge in [0.15, 0.2) is 0 Å². The number of alkyl halides is 3. The Hall–Kier alpha value is -4.53. The van der Waals surface area contributed by atoms with Crippen molar-refractivity contribution < 1.29 is 13.2 Å². The maximum Gasteiger partial charge on any atom is 0.416 e. The first-order valence-electron chi connectivity index (χ1n) is 10.3. The molecule has 0 saturated carbocycles. The molecule has 0 aliphatic carbocycles. The van der Waals surface area contributed by atoms with E-state index in [4.69, 9.17) is 4.98 Å². The lowest BCUT2D eigenvalue weighted by molar-refractivity contribution is -0.137. The Morgan fingerprint density at radius 1 is 0.882 bits per heavy atom. The average Bonchev–Trinajstić information content (AvgIpc) is 3.31. The molecule has 34 heavy (non-hydrogen) atoms. The van der Waals surface area contributed by atoms with E-state index in [1.165, 1.54) is 22.8 Å². The van der Waals surface area contributed by atoms with Crippen molar-refractivity contribution in [2.75, 3.05) is 0 Å². The van der Waals surface area contributed by atoms with Gasteiger partial charge in [-0.05, 0) is 48.5 Å². The van der Waals surface area contributed by atoms with E-state index in [1.54, 1.807) is 36.8 Å². The molecular formula is C25H14F3N5O. The molecule has 0 fully saturated rings. The van der Waals surface area contributed by atoms with Gasteiger partial charge in [-0.3, -0.25) is 14.3 Å². The van der Waals surface area contributed by atoms with E-state index in [0.717, 1.165) is 28.7 Å². The summed E-state index contributed by atoms with van der Waals surface area (Å²) in [4.78, 5) is 29.6. The second-order valence-corrected chi connectivity index (χ2v) is 7.82. The number of H-pyrrole nitrogens is 1. The largest absolute Gasteiger partial charge is 0.416 e. The fourth-order valence-electron chi connectivity index (χ4n) is 4.09.